The molecule has 0 spiro atoms. The zero-order valence-corrected chi connectivity index (χ0v) is 9.42. The Labute approximate surface area is 83.1 Å². The van der Waals surface area contributed by atoms with Crippen molar-refractivity contribution in [3.05, 3.63) is 0 Å². The third-order valence-corrected chi connectivity index (χ3v) is 4.92. The van der Waals surface area contributed by atoms with Crippen LogP contribution in [0, 0.1) is 29.6 Å². The lowest BCUT2D eigenvalue weighted by Gasteiger charge is -2.47. The van der Waals surface area contributed by atoms with Crippen LogP contribution in [0.5, 0.6) is 0 Å². The minimum absolute atomic E-state index is 0.981. The van der Waals surface area contributed by atoms with Crippen LogP contribution in [-0.2, 0) is 0 Å². The number of hydrogen-bond acceptors (Lipinski definition) is 0. The van der Waals surface area contributed by atoms with E-state index in [1.165, 1.54) is 32.1 Å². The minimum Gasteiger partial charge on any atom is -0.0622 e. The first-order chi connectivity index (χ1) is 6.20. The standard InChI is InChI=1S/C13H24/c1-9-8-10(2)12-6-4-5-7-13(12)11(9)3/h9-13H,4-8H2,1-3H3. The van der Waals surface area contributed by atoms with Gasteiger partial charge >= 0.3 is 0 Å². The van der Waals surface area contributed by atoms with Crippen LogP contribution in [0.15, 0.2) is 0 Å². The maximum absolute atomic E-state index is 2.50. The van der Waals surface area contributed by atoms with Gasteiger partial charge in [0, 0.05) is 0 Å². The molecule has 0 saturated heterocycles. The van der Waals surface area contributed by atoms with Gasteiger partial charge in [-0.15, -0.1) is 0 Å². The van der Waals surface area contributed by atoms with Crippen LogP contribution in [0.2, 0.25) is 0 Å². The van der Waals surface area contributed by atoms with Crippen molar-refractivity contribution < 1.29 is 0 Å². The Bertz CT molecular complexity index is 173. The fourth-order valence-electron chi connectivity index (χ4n) is 3.95. The number of hydrogen-bond donors (Lipinski definition) is 0. The smallest absolute Gasteiger partial charge is 0.0355 e. The van der Waals surface area contributed by atoms with E-state index in [2.05, 4.69) is 20.8 Å². The summed E-state index contributed by atoms with van der Waals surface area (Å²) in [7, 11) is 0. The topological polar surface area (TPSA) is 0 Å². The summed E-state index contributed by atoms with van der Waals surface area (Å²) in [4.78, 5) is 0. The first-order valence-electron chi connectivity index (χ1n) is 6.20. The van der Waals surface area contributed by atoms with E-state index < -0.39 is 0 Å². The lowest BCUT2D eigenvalue weighted by molar-refractivity contribution is 0.0296. The lowest BCUT2D eigenvalue weighted by Crippen LogP contribution is -2.38. The molecule has 0 aliphatic heterocycles. The molecule has 2 aliphatic carbocycles. The van der Waals surface area contributed by atoms with Gasteiger partial charge in [0.25, 0.3) is 0 Å². The Morgan fingerprint density at radius 2 is 1.38 bits per heavy atom. The van der Waals surface area contributed by atoms with Crippen LogP contribution in [0.3, 0.4) is 0 Å². The maximum Gasteiger partial charge on any atom is -0.0355 e. The van der Waals surface area contributed by atoms with Gasteiger partial charge in [0.15, 0.2) is 0 Å². The van der Waals surface area contributed by atoms with Gasteiger partial charge in [-0.2, -0.15) is 0 Å². The van der Waals surface area contributed by atoms with E-state index in [4.69, 9.17) is 0 Å². The molecule has 0 aromatic heterocycles. The highest BCUT2D eigenvalue weighted by atomic mass is 14.4. The van der Waals surface area contributed by atoms with Gasteiger partial charge in [-0.1, -0.05) is 33.6 Å². The quantitative estimate of drug-likeness (QED) is 0.526. The van der Waals surface area contributed by atoms with Crippen LogP contribution >= 0.6 is 0 Å². The number of rotatable bonds is 0. The van der Waals surface area contributed by atoms with E-state index in [1.54, 1.807) is 0 Å². The molecule has 0 amide bonds. The maximum atomic E-state index is 2.50. The molecule has 0 aromatic carbocycles. The summed E-state index contributed by atoms with van der Waals surface area (Å²) in [6, 6.07) is 0. The van der Waals surface area contributed by atoms with Crippen LogP contribution in [0.4, 0.5) is 0 Å². The predicted octanol–water partition coefficient (Wildman–Crippen LogP) is 4.10. The Morgan fingerprint density at radius 1 is 0.769 bits per heavy atom. The van der Waals surface area contributed by atoms with E-state index in [1.807, 2.05) is 0 Å². The summed E-state index contributed by atoms with van der Waals surface area (Å²) in [6.45, 7) is 7.46. The summed E-state index contributed by atoms with van der Waals surface area (Å²) in [6.07, 6.45) is 7.56. The van der Waals surface area contributed by atoms with E-state index >= 15 is 0 Å². The highest BCUT2D eigenvalue weighted by Gasteiger charge is 2.39. The molecule has 5 atom stereocenters. The lowest BCUT2D eigenvalue weighted by atomic mass is 9.59. The van der Waals surface area contributed by atoms with E-state index in [0.29, 0.717) is 0 Å². The van der Waals surface area contributed by atoms with Crippen LogP contribution in [-0.4, -0.2) is 0 Å². The molecule has 5 unspecified atom stereocenters. The summed E-state index contributed by atoms with van der Waals surface area (Å²) < 4.78 is 0. The van der Waals surface area contributed by atoms with Gasteiger partial charge in [-0.25, -0.2) is 0 Å². The molecular formula is C13H24. The van der Waals surface area contributed by atoms with Crippen molar-refractivity contribution in [1.29, 1.82) is 0 Å². The van der Waals surface area contributed by atoms with Crippen LogP contribution in [0.1, 0.15) is 52.9 Å². The summed E-state index contributed by atoms with van der Waals surface area (Å²) >= 11 is 0. The third kappa shape index (κ3) is 1.65. The second kappa shape index (κ2) is 3.63. The highest BCUT2D eigenvalue weighted by molar-refractivity contribution is 4.89. The molecule has 0 nitrogen and oxygen atoms in total. The Hall–Kier alpha value is 0. The van der Waals surface area contributed by atoms with Gasteiger partial charge < -0.3 is 0 Å². The van der Waals surface area contributed by atoms with Crippen molar-refractivity contribution in [2.24, 2.45) is 29.6 Å². The largest absolute Gasteiger partial charge is 0.0622 e. The zero-order valence-electron chi connectivity index (χ0n) is 9.42. The van der Waals surface area contributed by atoms with Crippen molar-refractivity contribution in [3.63, 3.8) is 0 Å². The Morgan fingerprint density at radius 3 is 2.08 bits per heavy atom. The molecule has 0 N–H and O–H groups in total. The van der Waals surface area contributed by atoms with Gasteiger partial charge in [0.05, 0.1) is 0 Å². The van der Waals surface area contributed by atoms with E-state index in [0.717, 1.165) is 29.6 Å². The fourth-order valence-corrected chi connectivity index (χ4v) is 3.95. The van der Waals surface area contributed by atoms with Crippen molar-refractivity contribution in [2.75, 3.05) is 0 Å². The zero-order chi connectivity index (χ0) is 9.42. The second-order valence-corrected chi connectivity index (χ2v) is 5.66. The van der Waals surface area contributed by atoms with Gasteiger partial charge in [0.1, 0.15) is 0 Å². The molecule has 2 saturated carbocycles. The van der Waals surface area contributed by atoms with Gasteiger partial charge in [-0.3, -0.25) is 0 Å². The van der Waals surface area contributed by atoms with Crippen molar-refractivity contribution in [2.45, 2.75) is 52.9 Å². The van der Waals surface area contributed by atoms with Crippen LogP contribution in [0.25, 0.3) is 0 Å². The molecule has 2 fully saturated rings. The fraction of sp³-hybridized carbons (Fsp3) is 1.00. The second-order valence-electron chi connectivity index (χ2n) is 5.66. The van der Waals surface area contributed by atoms with Crippen molar-refractivity contribution in [1.82, 2.24) is 0 Å². The summed E-state index contributed by atoms with van der Waals surface area (Å²) in [5.41, 5.74) is 0. The average Bonchev–Trinajstić information content (AvgIpc) is 2.15. The molecule has 76 valence electrons. The van der Waals surface area contributed by atoms with Gasteiger partial charge in [-0.05, 0) is 48.9 Å². The molecule has 2 aliphatic rings. The molecule has 0 heterocycles. The van der Waals surface area contributed by atoms with E-state index in [-0.39, 0.29) is 0 Å². The van der Waals surface area contributed by atoms with Crippen molar-refractivity contribution in [3.8, 4) is 0 Å². The third-order valence-electron chi connectivity index (χ3n) is 4.92. The Balaban J connectivity index is 2.10. The Kier molecular flexibility index (Phi) is 2.67. The molecule has 0 aromatic rings. The van der Waals surface area contributed by atoms with Crippen molar-refractivity contribution >= 4 is 0 Å². The van der Waals surface area contributed by atoms with Gasteiger partial charge in [0.2, 0.25) is 0 Å². The molecular weight excluding hydrogens is 156 g/mol. The average molecular weight is 180 g/mol. The van der Waals surface area contributed by atoms with Crippen LogP contribution < -0.4 is 0 Å². The summed E-state index contributed by atoms with van der Waals surface area (Å²) in [5.74, 6) is 5.15. The predicted molar refractivity (Wildman–Crippen MR) is 57.6 cm³/mol. The molecule has 0 radical (unpaired) electrons. The minimum atomic E-state index is 0.981. The molecule has 0 bridgehead atoms. The first-order valence-corrected chi connectivity index (χ1v) is 6.20. The normalized spacial score (nSPS) is 51.5. The monoisotopic (exact) mass is 180 g/mol. The molecule has 0 heteroatoms. The highest BCUT2D eigenvalue weighted by Crippen LogP contribution is 2.48. The number of fused-ring (bicyclic) bond motifs is 1. The van der Waals surface area contributed by atoms with E-state index in [9.17, 15) is 0 Å². The molecule has 2 rings (SSSR count). The SMILES string of the molecule is CC1CC(C)C2CCCCC2C1C. The summed E-state index contributed by atoms with van der Waals surface area (Å²) in [5, 5.41) is 0. The molecule has 13 heavy (non-hydrogen) atoms. The first kappa shape index (κ1) is 9.55.